The SMILES string of the molecule is N#N.OC[C@]1(O)OC[C@@H](O)[C@@H](O)[C@@H]1O. The number of hydrogen-bond acceptors (Lipinski definition) is 8. The van der Waals surface area contributed by atoms with Gasteiger partial charge >= 0.3 is 0 Å². The van der Waals surface area contributed by atoms with Crippen LogP contribution in [-0.4, -0.2) is 62.8 Å². The van der Waals surface area contributed by atoms with Gasteiger partial charge in [0.05, 0.1) is 13.2 Å². The van der Waals surface area contributed by atoms with Crippen LogP contribution in [0.2, 0.25) is 0 Å². The van der Waals surface area contributed by atoms with E-state index in [1.807, 2.05) is 0 Å². The molecule has 0 aliphatic carbocycles. The van der Waals surface area contributed by atoms with Gasteiger partial charge in [-0.3, -0.25) is 0 Å². The molecule has 0 aromatic rings. The van der Waals surface area contributed by atoms with Gasteiger partial charge in [-0.2, -0.15) is 0 Å². The number of aliphatic hydroxyl groups is 5. The van der Waals surface area contributed by atoms with Crippen LogP contribution in [0.3, 0.4) is 0 Å². The van der Waals surface area contributed by atoms with Crippen LogP contribution < -0.4 is 0 Å². The van der Waals surface area contributed by atoms with Crippen molar-refractivity contribution in [3.8, 4) is 0 Å². The third kappa shape index (κ3) is 2.36. The molecule has 8 heteroatoms. The molecule has 5 N–H and O–H groups in total. The Labute approximate surface area is 79.4 Å². The highest BCUT2D eigenvalue weighted by atomic mass is 16.7. The van der Waals surface area contributed by atoms with E-state index in [1.165, 1.54) is 0 Å². The molecule has 1 heterocycles. The molecule has 1 fully saturated rings. The first-order valence-corrected chi connectivity index (χ1v) is 3.72. The van der Waals surface area contributed by atoms with Crippen LogP contribution in [0.25, 0.3) is 0 Å². The van der Waals surface area contributed by atoms with Gasteiger partial charge in [0, 0.05) is 10.8 Å². The lowest BCUT2D eigenvalue weighted by Gasteiger charge is -2.40. The molecule has 0 saturated carbocycles. The van der Waals surface area contributed by atoms with E-state index in [-0.39, 0.29) is 6.61 Å². The van der Waals surface area contributed by atoms with E-state index in [1.54, 1.807) is 0 Å². The Kier molecular flexibility index (Phi) is 4.86. The fourth-order valence-corrected chi connectivity index (χ4v) is 1.03. The first-order valence-electron chi connectivity index (χ1n) is 3.72. The maximum Gasteiger partial charge on any atom is 0.218 e. The molecule has 4 atom stereocenters. The molecule has 14 heavy (non-hydrogen) atoms. The van der Waals surface area contributed by atoms with Gasteiger partial charge in [-0.15, -0.1) is 0 Å². The lowest BCUT2D eigenvalue weighted by molar-refractivity contribution is -0.331. The van der Waals surface area contributed by atoms with Crippen LogP contribution in [-0.2, 0) is 4.74 Å². The summed E-state index contributed by atoms with van der Waals surface area (Å²) in [6, 6.07) is 0. The summed E-state index contributed by atoms with van der Waals surface area (Å²) >= 11 is 0. The fourth-order valence-electron chi connectivity index (χ4n) is 1.03. The Morgan fingerprint density at radius 1 is 1.29 bits per heavy atom. The Hall–Kier alpha value is -0.820. The topological polar surface area (TPSA) is 158 Å². The second-order valence-electron chi connectivity index (χ2n) is 2.82. The van der Waals surface area contributed by atoms with Gasteiger partial charge in [-0.1, -0.05) is 0 Å². The van der Waals surface area contributed by atoms with E-state index < -0.39 is 30.7 Å². The van der Waals surface area contributed by atoms with Crippen LogP contribution in [0.4, 0.5) is 0 Å². The first-order chi connectivity index (χ1) is 6.51. The van der Waals surface area contributed by atoms with Crippen LogP contribution in [0.15, 0.2) is 0 Å². The molecule has 0 aromatic carbocycles. The molecular weight excluding hydrogens is 196 g/mol. The molecule has 1 rings (SSSR count). The molecule has 0 radical (unpaired) electrons. The molecule has 82 valence electrons. The molecule has 0 unspecified atom stereocenters. The Balaban J connectivity index is 0.000000791. The van der Waals surface area contributed by atoms with Crippen LogP contribution in [0.5, 0.6) is 0 Å². The average molecular weight is 208 g/mol. The van der Waals surface area contributed by atoms with E-state index in [4.69, 9.17) is 31.2 Å². The van der Waals surface area contributed by atoms with Crippen molar-refractivity contribution in [1.29, 1.82) is 10.8 Å². The predicted octanol–water partition coefficient (Wildman–Crippen LogP) is -3.19. The van der Waals surface area contributed by atoms with Crippen molar-refractivity contribution in [1.82, 2.24) is 0 Å². The maximum atomic E-state index is 9.24. The summed E-state index contributed by atoms with van der Waals surface area (Å²) in [5, 5.41) is 57.0. The van der Waals surface area contributed by atoms with E-state index >= 15 is 0 Å². The molecule has 1 aliphatic rings. The number of aliphatic hydroxyl groups excluding tert-OH is 4. The Morgan fingerprint density at radius 3 is 2.21 bits per heavy atom. The zero-order chi connectivity index (χ0) is 11.4. The fraction of sp³-hybridized carbons (Fsp3) is 1.00. The monoisotopic (exact) mass is 208 g/mol. The molecule has 8 nitrogen and oxygen atoms in total. The summed E-state index contributed by atoms with van der Waals surface area (Å²) in [5.74, 6) is -2.17. The number of ether oxygens (including phenoxy) is 1. The highest BCUT2D eigenvalue weighted by Gasteiger charge is 2.47. The summed E-state index contributed by atoms with van der Waals surface area (Å²) < 4.78 is 4.56. The zero-order valence-electron chi connectivity index (χ0n) is 7.19. The number of rotatable bonds is 1. The maximum absolute atomic E-state index is 9.24. The average Bonchev–Trinajstić information content (AvgIpc) is 2.24. The second-order valence-corrected chi connectivity index (χ2v) is 2.82. The van der Waals surface area contributed by atoms with E-state index in [0.717, 1.165) is 0 Å². The van der Waals surface area contributed by atoms with Gasteiger partial charge in [0.1, 0.15) is 18.3 Å². The molecule has 0 aromatic heterocycles. The summed E-state index contributed by atoms with van der Waals surface area (Å²) in [7, 11) is 0. The minimum absolute atomic E-state index is 0.324. The molecule has 1 saturated heterocycles. The lowest BCUT2D eigenvalue weighted by atomic mass is 9.98. The zero-order valence-corrected chi connectivity index (χ0v) is 7.19. The molecular formula is C6H12N2O6. The van der Waals surface area contributed by atoms with Gasteiger partial charge in [0.2, 0.25) is 5.79 Å². The first kappa shape index (κ1) is 13.2. The minimum Gasteiger partial charge on any atom is -0.391 e. The largest absolute Gasteiger partial charge is 0.391 e. The predicted molar refractivity (Wildman–Crippen MR) is 39.5 cm³/mol. The van der Waals surface area contributed by atoms with E-state index in [2.05, 4.69) is 4.74 Å². The van der Waals surface area contributed by atoms with Crippen molar-refractivity contribution in [2.75, 3.05) is 13.2 Å². The van der Waals surface area contributed by atoms with Gasteiger partial charge < -0.3 is 30.3 Å². The molecule has 0 amide bonds. The summed E-state index contributed by atoms with van der Waals surface area (Å²) in [4.78, 5) is 0. The molecule has 0 bridgehead atoms. The normalized spacial score (nSPS) is 42.4. The summed E-state index contributed by atoms with van der Waals surface area (Å²) in [6.07, 6.45) is -4.45. The number of hydrogen-bond donors (Lipinski definition) is 5. The molecule has 0 spiro atoms. The minimum atomic E-state index is -2.17. The third-order valence-corrected chi connectivity index (χ3v) is 1.91. The second kappa shape index (κ2) is 5.16. The van der Waals surface area contributed by atoms with Crippen molar-refractivity contribution < 1.29 is 30.3 Å². The van der Waals surface area contributed by atoms with Crippen LogP contribution in [0.1, 0.15) is 0 Å². The highest BCUT2D eigenvalue weighted by molar-refractivity contribution is 4.90. The van der Waals surface area contributed by atoms with Gasteiger partial charge in [0.15, 0.2) is 0 Å². The Bertz CT molecular complexity index is 200. The van der Waals surface area contributed by atoms with Crippen molar-refractivity contribution in [3.05, 3.63) is 0 Å². The van der Waals surface area contributed by atoms with Crippen molar-refractivity contribution in [2.24, 2.45) is 0 Å². The lowest BCUT2D eigenvalue weighted by Crippen LogP contribution is -2.62. The standard InChI is InChI=1S/C6H12O6.N2/c7-2-6(11)5(10)4(9)3(8)1-12-6;1-2/h3-5,7-11H,1-2H2;/t3-,4-,5+,6+;/m1./s1. The summed E-state index contributed by atoms with van der Waals surface area (Å²) in [5.41, 5.74) is 0. The Morgan fingerprint density at radius 2 is 1.79 bits per heavy atom. The van der Waals surface area contributed by atoms with Gasteiger partial charge in [-0.05, 0) is 0 Å². The third-order valence-electron chi connectivity index (χ3n) is 1.91. The quantitative estimate of drug-likeness (QED) is 0.282. The smallest absolute Gasteiger partial charge is 0.218 e. The van der Waals surface area contributed by atoms with E-state index in [0.29, 0.717) is 0 Å². The van der Waals surface area contributed by atoms with Gasteiger partial charge in [-0.25, -0.2) is 0 Å². The van der Waals surface area contributed by atoms with Crippen molar-refractivity contribution in [2.45, 2.75) is 24.1 Å². The molecule has 1 aliphatic heterocycles. The summed E-state index contributed by atoms with van der Waals surface area (Å²) in [6.45, 7) is -1.16. The van der Waals surface area contributed by atoms with Gasteiger partial charge in [0.25, 0.3) is 0 Å². The van der Waals surface area contributed by atoms with E-state index in [9.17, 15) is 5.11 Å². The highest BCUT2D eigenvalue weighted by Crippen LogP contribution is 2.22. The van der Waals surface area contributed by atoms with Crippen molar-refractivity contribution >= 4 is 0 Å². The van der Waals surface area contributed by atoms with Crippen LogP contribution in [0, 0.1) is 10.8 Å². The number of nitrogens with zero attached hydrogens (tertiary/aromatic N) is 2. The van der Waals surface area contributed by atoms with Crippen LogP contribution >= 0.6 is 0 Å². The van der Waals surface area contributed by atoms with Crippen molar-refractivity contribution in [3.63, 3.8) is 0 Å².